The van der Waals surface area contributed by atoms with E-state index >= 15 is 0 Å². The zero-order chi connectivity index (χ0) is 27.1. The molecule has 0 spiro atoms. The van der Waals surface area contributed by atoms with Crippen molar-refractivity contribution in [2.24, 2.45) is 5.92 Å². The van der Waals surface area contributed by atoms with Gasteiger partial charge < -0.3 is 13.9 Å². The van der Waals surface area contributed by atoms with Crippen LogP contribution in [0.4, 0.5) is 5.69 Å². The van der Waals surface area contributed by atoms with E-state index in [2.05, 4.69) is 13.8 Å². The number of hydrogen-bond acceptors (Lipinski definition) is 5. The Balaban J connectivity index is 1.70. The minimum Gasteiger partial charge on any atom is -0.493 e. The van der Waals surface area contributed by atoms with Crippen molar-refractivity contribution in [2.45, 2.75) is 47.1 Å². The monoisotopic (exact) mass is 511 g/mol. The second-order valence-corrected chi connectivity index (χ2v) is 10.5. The Hall–Kier alpha value is -4.06. The Morgan fingerprint density at radius 3 is 2.42 bits per heavy atom. The largest absolute Gasteiger partial charge is 0.493 e. The van der Waals surface area contributed by atoms with Gasteiger partial charge in [0, 0.05) is 5.69 Å². The lowest BCUT2D eigenvalue weighted by molar-refractivity contribution is 0.0971. The van der Waals surface area contributed by atoms with E-state index in [1.807, 2.05) is 69.3 Å². The molecular formula is C32H33NO5. The predicted octanol–water partition coefficient (Wildman–Crippen LogP) is 6.90. The first kappa shape index (κ1) is 25.6. The Morgan fingerprint density at radius 1 is 0.921 bits per heavy atom. The highest BCUT2D eigenvalue weighted by atomic mass is 16.5. The van der Waals surface area contributed by atoms with Gasteiger partial charge in [-0.1, -0.05) is 37.6 Å². The van der Waals surface area contributed by atoms with Crippen LogP contribution >= 0.6 is 0 Å². The number of ether oxygens (including phenoxy) is 2. The van der Waals surface area contributed by atoms with E-state index in [1.54, 1.807) is 18.1 Å². The number of rotatable bonds is 7. The lowest BCUT2D eigenvalue weighted by atomic mass is 9.97. The highest BCUT2D eigenvalue weighted by molar-refractivity contribution is 6.10. The summed E-state index contributed by atoms with van der Waals surface area (Å²) in [4.78, 5) is 29.5. The fraction of sp³-hybridized carbons (Fsp3) is 0.312. The van der Waals surface area contributed by atoms with Gasteiger partial charge in [-0.25, -0.2) is 0 Å². The summed E-state index contributed by atoms with van der Waals surface area (Å²) in [6.45, 7) is 10.8. The molecule has 1 amide bonds. The number of amides is 1. The van der Waals surface area contributed by atoms with Crippen LogP contribution in [0.2, 0.25) is 0 Å². The number of carbonyl (C=O) groups excluding carboxylic acids is 1. The molecule has 6 heteroatoms. The summed E-state index contributed by atoms with van der Waals surface area (Å²) >= 11 is 0. The maximum atomic E-state index is 13.9. The van der Waals surface area contributed by atoms with Crippen LogP contribution in [0.15, 0.2) is 63.8 Å². The third kappa shape index (κ3) is 4.44. The van der Waals surface area contributed by atoms with Crippen LogP contribution in [0.5, 0.6) is 11.5 Å². The number of aryl methyl sites for hydroxylation is 3. The molecular weight excluding hydrogens is 478 g/mol. The third-order valence-electron chi connectivity index (χ3n) is 7.25. The lowest BCUT2D eigenvalue weighted by Crippen LogP contribution is -2.29. The van der Waals surface area contributed by atoms with E-state index in [9.17, 15) is 9.59 Å². The van der Waals surface area contributed by atoms with Gasteiger partial charge in [-0.05, 0) is 86.2 Å². The van der Waals surface area contributed by atoms with Crippen molar-refractivity contribution in [3.05, 3.63) is 98.4 Å². The maximum Gasteiger partial charge on any atom is 0.295 e. The van der Waals surface area contributed by atoms with Gasteiger partial charge in [0.2, 0.25) is 5.76 Å². The van der Waals surface area contributed by atoms with Crippen molar-refractivity contribution in [3.63, 3.8) is 0 Å². The first-order valence-electron chi connectivity index (χ1n) is 13.0. The fourth-order valence-corrected chi connectivity index (χ4v) is 4.92. The predicted molar refractivity (Wildman–Crippen MR) is 150 cm³/mol. The highest BCUT2D eigenvalue weighted by Gasteiger charge is 2.44. The fourth-order valence-electron chi connectivity index (χ4n) is 4.92. The van der Waals surface area contributed by atoms with E-state index in [-0.39, 0.29) is 17.1 Å². The van der Waals surface area contributed by atoms with E-state index in [0.29, 0.717) is 46.2 Å². The molecule has 6 nitrogen and oxygen atoms in total. The number of benzene rings is 3. The van der Waals surface area contributed by atoms with Crippen molar-refractivity contribution in [2.75, 3.05) is 18.6 Å². The molecule has 1 aromatic heterocycles. The molecule has 2 heterocycles. The molecule has 196 valence electrons. The summed E-state index contributed by atoms with van der Waals surface area (Å²) in [7, 11) is 1.59. The molecule has 0 bridgehead atoms. The molecule has 0 saturated heterocycles. The third-order valence-corrected chi connectivity index (χ3v) is 7.25. The Kier molecular flexibility index (Phi) is 6.74. The summed E-state index contributed by atoms with van der Waals surface area (Å²) in [5.41, 5.74) is 5.09. The summed E-state index contributed by atoms with van der Waals surface area (Å²) in [6.07, 6.45) is 0.920. The van der Waals surface area contributed by atoms with Crippen molar-refractivity contribution in [3.8, 4) is 11.5 Å². The molecule has 1 aliphatic heterocycles. The minimum absolute atomic E-state index is 0.0748. The summed E-state index contributed by atoms with van der Waals surface area (Å²) < 4.78 is 17.8. The molecule has 1 unspecified atom stereocenters. The second-order valence-electron chi connectivity index (χ2n) is 10.5. The molecule has 1 atom stereocenters. The molecule has 4 aromatic rings. The normalized spacial score (nSPS) is 14.9. The van der Waals surface area contributed by atoms with E-state index in [1.165, 1.54) is 0 Å². The van der Waals surface area contributed by atoms with Crippen molar-refractivity contribution in [1.82, 2.24) is 0 Å². The number of hydrogen-bond donors (Lipinski definition) is 0. The van der Waals surface area contributed by atoms with Gasteiger partial charge in [-0.3, -0.25) is 14.5 Å². The summed E-state index contributed by atoms with van der Waals surface area (Å²) in [5.74, 6) is 1.42. The zero-order valence-electron chi connectivity index (χ0n) is 22.8. The van der Waals surface area contributed by atoms with E-state index < -0.39 is 6.04 Å². The zero-order valence-corrected chi connectivity index (χ0v) is 22.8. The molecule has 3 aromatic carbocycles. The molecule has 1 aliphatic rings. The molecule has 38 heavy (non-hydrogen) atoms. The van der Waals surface area contributed by atoms with Gasteiger partial charge in [0.15, 0.2) is 16.9 Å². The quantitative estimate of drug-likeness (QED) is 0.270. The topological polar surface area (TPSA) is 69.0 Å². The van der Waals surface area contributed by atoms with E-state index in [0.717, 1.165) is 28.7 Å². The first-order chi connectivity index (χ1) is 18.2. The number of anilines is 1. The Labute approximate surface area is 222 Å². The second kappa shape index (κ2) is 10.0. The van der Waals surface area contributed by atoms with Crippen molar-refractivity contribution in [1.29, 1.82) is 0 Å². The SMILES string of the molecule is COc1cc(C2c3c(oc4ccc(C)cc4c3=O)C(=O)N2c2ccc(C)c(C)c2)ccc1OCCC(C)C. The average molecular weight is 512 g/mol. The number of fused-ring (bicyclic) bond motifs is 2. The van der Waals surface area contributed by atoms with Crippen LogP contribution in [0.1, 0.15) is 64.7 Å². The standard InChI is InChI=1S/C32H33NO5/c1-18(2)13-14-37-26-12-9-22(17-27(26)36-6)29-28-30(34)24-15-19(3)7-11-25(24)38-31(28)32(35)33(29)23-10-8-20(4)21(5)16-23/h7-12,15-18,29H,13-14H2,1-6H3. The summed E-state index contributed by atoms with van der Waals surface area (Å²) in [5, 5.41) is 0.462. The molecule has 5 rings (SSSR count). The van der Waals surface area contributed by atoms with Crippen LogP contribution in [0.25, 0.3) is 11.0 Å². The maximum absolute atomic E-state index is 13.9. The van der Waals surface area contributed by atoms with Gasteiger partial charge in [-0.2, -0.15) is 0 Å². The highest BCUT2D eigenvalue weighted by Crippen LogP contribution is 2.43. The van der Waals surface area contributed by atoms with Crippen LogP contribution in [0, 0.1) is 26.7 Å². The van der Waals surface area contributed by atoms with Crippen LogP contribution in [0.3, 0.4) is 0 Å². The molecule has 0 saturated carbocycles. The Morgan fingerprint density at radius 2 is 1.71 bits per heavy atom. The summed E-state index contributed by atoms with van der Waals surface area (Å²) in [6, 6.07) is 16.2. The van der Waals surface area contributed by atoms with Crippen LogP contribution in [-0.2, 0) is 0 Å². The van der Waals surface area contributed by atoms with E-state index in [4.69, 9.17) is 13.9 Å². The van der Waals surface area contributed by atoms with Gasteiger partial charge in [0.05, 0.1) is 30.7 Å². The van der Waals surface area contributed by atoms with Gasteiger partial charge in [0.1, 0.15) is 5.58 Å². The van der Waals surface area contributed by atoms with Crippen LogP contribution in [-0.4, -0.2) is 19.6 Å². The van der Waals surface area contributed by atoms with Crippen molar-refractivity contribution >= 4 is 22.6 Å². The number of nitrogens with zero attached hydrogens (tertiary/aromatic N) is 1. The van der Waals surface area contributed by atoms with Crippen molar-refractivity contribution < 1.29 is 18.7 Å². The average Bonchev–Trinajstić information content (AvgIpc) is 3.18. The minimum atomic E-state index is -0.681. The smallest absolute Gasteiger partial charge is 0.295 e. The van der Waals surface area contributed by atoms with Gasteiger partial charge in [0.25, 0.3) is 5.91 Å². The molecule has 0 fully saturated rings. The van der Waals surface area contributed by atoms with Gasteiger partial charge in [-0.15, -0.1) is 0 Å². The van der Waals surface area contributed by atoms with Gasteiger partial charge >= 0.3 is 0 Å². The number of carbonyl (C=O) groups is 1. The Bertz CT molecular complexity index is 1600. The number of methoxy groups -OCH3 is 1. The van der Waals surface area contributed by atoms with Crippen LogP contribution < -0.4 is 19.8 Å². The molecule has 0 aliphatic carbocycles. The molecule has 0 N–H and O–H groups in total. The molecule has 0 radical (unpaired) electrons. The first-order valence-corrected chi connectivity index (χ1v) is 13.0. The lowest BCUT2D eigenvalue weighted by Gasteiger charge is -2.26.